The van der Waals surface area contributed by atoms with Crippen molar-refractivity contribution in [3.63, 3.8) is 0 Å². The van der Waals surface area contributed by atoms with Gasteiger partial charge in [-0.2, -0.15) is 0 Å². The number of methoxy groups -OCH3 is 2. The second-order valence-electron chi connectivity index (χ2n) is 5.39. The quantitative estimate of drug-likeness (QED) is 0.443. The minimum atomic E-state index is -0.541. The van der Waals surface area contributed by atoms with Gasteiger partial charge in [0.1, 0.15) is 17.1 Å². The van der Waals surface area contributed by atoms with Crippen molar-refractivity contribution in [3.05, 3.63) is 53.0 Å². The predicted molar refractivity (Wildman–Crippen MR) is 110 cm³/mol. The van der Waals surface area contributed by atoms with Crippen LogP contribution in [0.25, 0.3) is 10.2 Å². The van der Waals surface area contributed by atoms with Crippen molar-refractivity contribution >= 4 is 50.7 Å². The Kier molecular flexibility index (Phi) is 6.02. The van der Waals surface area contributed by atoms with Crippen molar-refractivity contribution in [3.8, 4) is 11.5 Å². The summed E-state index contributed by atoms with van der Waals surface area (Å²) in [6.07, 6.45) is 0. The molecule has 0 atom stereocenters. The van der Waals surface area contributed by atoms with E-state index >= 15 is 0 Å². The van der Waals surface area contributed by atoms with Crippen LogP contribution in [0, 0.1) is 0 Å². The number of hydrazine groups is 1. The highest BCUT2D eigenvalue weighted by Gasteiger charge is 2.19. The molecule has 0 aliphatic carbocycles. The highest BCUT2D eigenvalue weighted by Crippen LogP contribution is 2.27. The molecule has 0 fully saturated rings. The average molecular weight is 416 g/mol. The topological polar surface area (TPSA) is 102 Å². The van der Waals surface area contributed by atoms with Crippen LogP contribution in [0.3, 0.4) is 0 Å². The smallest absolute Gasteiger partial charge is 0.298 e. The number of thiazole rings is 1. The van der Waals surface area contributed by atoms with Gasteiger partial charge in [-0.05, 0) is 36.5 Å². The zero-order valence-corrected chi connectivity index (χ0v) is 16.6. The zero-order chi connectivity index (χ0) is 20.1. The van der Waals surface area contributed by atoms with Gasteiger partial charge in [-0.25, -0.2) is 4.98 Å². The summed E-state index contributed by atoms with van der Waals surface area (Å²) in [6.45, 7) is 0. The predicted octanol–water partition coefficient (Wildman–Crippen LogP) is 2.26. The van der Waals surface area contributed by atoms with E-state index in [1.807, 2.05) is 24.3 Å². The maximum atomic E-state index is 12.5. The normalized spacial score (nSPS) is 10.2. The molecular weight excluding hydrogens is 400 g/mol. The minimum Gasteiger partial charge on any atom is -0.496 e. The van der Waals surface area contributed by atoms with E-state index in [0.29, 0.717) is 11.5 Å². The van der Waals surface area contributed by atoms with E-state index in [0.717, 1.165) is 10.2 Å². The highest BCUT2D eigenvalue weighted by molar-refractivity contribution is 7.80. The van der Waals surface area contributed by atoms with Crippen LogP contribution in [0.2, 0.25) is 0 Å². The molecule has 8 nitrogen and oxygen atoms in total. The summed E-state index contributed by atoms with van der Waals surface area (Å²) >= 11 is 6.32. The molecule has 0 saturated heterocycles. The Morgan fingerprint density at radius 1 is 0.964 bits per heavy atom. The van der Waals surface area contributed by atoms with Gasteiger partial charge in [0.25, 0.3) is 11.8 Å². The number of amides is 2. The van der Waals surface area contributed by atoms with Crippen molar-refractivity contribution in [2.24, 2.45) is 0 Å². The summed E-state index contributed by atoms with van der Waals surface area (Å²) in [5, 5.41) is 2.65. The molecule has 3 aromatic rings. The number of nitrogens with one attached hydrogen (secondary N) is 3. The Morgan fingerprint density at radius 2 is 1.64 bits per heavy atom. The summed E-state index contributed by atoms with van der Waals surface area (Å²) in [4.78, 5) is 29.0. The molecule has 3 rings (SSSR count). The number of hydrogen-bond acceptors (Lipinski definition) is 7. The number of ether oxygens (including phenoxy) is 2. The lowest BCUT2D eigenvalue weighted by atomic mass is 10.1. The minimum absolute atomic E-state index is 0.0904. The summed E-state index contributed by atoms with van der Waals surface area (Å²) < 4.78 is 11.3. The number of para-hydroxylation sites is 1. The van der Waals surface area contributed by atoms with Crippen molar-refractivity contribution in [1.29, 1.82) is 0 Å². The standard InChI is InChI=1S/C18H16N4O4S2/c1-25-11-7-5-8-12(26-2)14(11)15(23)20-18(27)22-21-16(24)17-19-10-6-3-4-9-13(10)28-17/h3-9H,1-2H3,(H,21,24)(H2,20,22,23,27). The second-order valence-corrected chi connectivity index (χ2v) is 6.83. The first-order chi connectivity index (χ1) is 13.5. The van der Waals surface area contributed by atoms with Gasteiger partial charge in [0, 0.05) is 0 Å². The third kappa shape index (κ3) is 4.18. The van der Waals surface area contributed by atoms with E-state index in [4.69, 9.17) is 21.7 Å². The number of fused-ring (bicyclic) bond motifs is 1. The molecular formula is C18H16N4O4S2. The van der Waals surface area contributed by atoms with E-state index in [1.54, 1.807) is 18.2 Å². The fourth-order valence-corrected chi connectivity index (χ4v) is 3.41. The van der Waals surface area contributed by atoms with E-state index in [2.05, 4.69) is 21.2 Å². The molecule has 0 unspecified atom stereocenters. The van der Waals surface area contributed by atoms with Gasteiger partial charge in [0.15, 0.2) is 10.1 Å². The summed E-state index contributed by atoms with van der Waals surface area (Å²) in [6, 6.07) is 12.4. The van der Waals surface area contributed by atoms with Crippen LogP contribution in [-0.2, 0) is 0 Å². The maximum Gasteiger partial charge on any atom is 0.298 e. The Bertz CT molecular complexity index is 996. The molecule has 144 valence electrons. The first kappa shape index (κ1) is 19.5. The molecule has 0 radical (unpaired) electrons. The summed E-state index contributed by atoms with van der Waals surface area (Å²) in [7, 11) is 2.89. The molecule has 0 bridgehead atoms. The zero-order valence-electron chi connectivity index (χ0n) is 14.9. The third-order valence-electron chi connectivity index (χ3n) is 3.66. The van der Waals surface area contributed by atoms with Gasteiger partial charge in [-0.1, -0.05) is 18.2 Å². The molecule has 28 heavy (non-hydrogen) atoms. The first-order valence-electron chi connectivity index (χ1n) is 8.01. The summed E-state index contributed by atoms with van der Waals surface area (Å²) in [5.41, 5.74) is 5.82. The number of hydrogen-bond donors (Lipinski definition) is 3. The Morgan fingerprint density at radius 3 is 2.29 bits per heavy atom. The molecule has 1 heterocycles. The maximum absolute atomic E-state index is 12.5. The van der Waals surface area contributed by atoms with Gasteiger partial charge < -0.3 is 9.47 Å². The molecule has 0 aliphatic rings. The number of nitrogens with zero attached hydrogens (tertiary/aromatic N) is 1. The Labute approximate surface area is 169 Å². The lowest BCUT2D eigenvalue weighted by Crippen LogP contribution is -2.48. The second kappa shape index (κ2) is 8.63. The molecule has 0 spiro atoms. The van der Waals surface area contributed by atoms with Gasteiger partial charge in [-0.3, -0.25) is 25.8 Å². The summed E-state index contributed by atoms with van der Waals surface area (Å²) in [5.74, 6) is -0.343. The van der Waals surface area contributed by atoms with E-state index in [9.17, 15) is 9.59 Å². The van der Waals surface area contributed by atoms with Crippen LogP contribution < -0.4 is 25.6 Å². The average Bonchev–Trinajstić information content (AvgIpc) is 3.15. The van der Waals surface area contributed by atoms with Crippen LogP contribution in [0.4, 0.5) is 0 Å². The molecule has 2 aromatic carbocycles. The molecule has 1 aromatic heterocycles. The largest absolute Gasteiger partial charge is 0.496 e. The Balaban J connectivity index is 1.63. The van der Waals surface area contributed by atoms with Crippen LogP contribution in [0.1, 0.15) is 20.2 Å². The van der Waals surface area contributed by atoms with Crippen molar-refractivity contribution in [2.45, 2.75) is 0 Å². The molecule has 10 heteroatoms. The van der Waals surface area contributed by atoms with Gasteiger partial charge in [0.2, 0.25) is 0 Å². The van der Waals surface area contributed by atoms with Crippen LogP contribution in [0.15, 0.2) is 42.5 Å². The number of carbonyl (C=O) groups excluding carboxylic acids is 2. The molecule has 0 saturated carbocycles. The molecule has 3 N–H and O–H groups in total. The number of aromatic nitrogens is 1. The van der Waals surface area contributed by atoms with Crippen LogP contribution >= 0.6 is 23.6 Å². The highest BCUT2D eigenvalue weighted by atomic mass is 32.1. The first-order valence-corrected chi connectivity index (χ1v) is 9.24. The fourth-order valence-electron chi connectivity index (χ4n) is 2.41. The number of rotatable bonds is 4. The Hall–Kier alpha value is -3.24. The molecule has 2 amide bonds. The van der Waals surface area contributed by atoms with Gasteiger partial charge >= 0.3 is 0 Å². The van der Waals surface area contributed by atoms with Gasteiger partial charge in [-0.15, -0.1) is 11.3 Å². The van der Waals surface area contributed by atoms with Gasteiger partial charge in [0.05, 0.1) is 24.4 Å². The lowest BCUT2D eigenvalue weighted by molar-refractivity contribution is 0.0933. The van der Waals surface area contributed by atoms with Crippen molar-refractivity contribution in [2.75, 3.05) is 14.2 Å². The number of thiocarbonyl (C=S) groups is 1. The van der Waals surface area contributed by atoms with Crippen LogP contribution in [0.5, 0.6) is 11.5 Å². The lowest BCUT2D eigenvalue weighted by Gasteiger charge is -2.14. The van der Waals surface area contributed by atoms with E-state index in [1.165, 1.54) is 25.6 Å². The SMILES string of the molecule is COc1cccc(OC)c1C(=O)NC(=S)NNC(=O)c1nc2ccccc2s1. The third-order valence-corrected chi connectivity index (χ3v) is 4.90. The molecule has 0 aliphatic heterocycles. The van der Waals surface area contributed by atoms with Crippen LogP contribution in [-0.4, -0.2) is 36.1 Å². The van der Waals surface area contributed by atoms with Crippen molar-refractivity contribution in [1.82, 2.24) is 21.2 Å². The number of benzene rings is 2. The number of carbonyl (C=O) groups is 2. The van der Waals surface area contributed by atoms with E-state index < -0.39 is 11.8 Å². The monoisotopic (exact) mass is 416 g/mol. The fraction of sp³-hybridized carbons (Fsp3) is 0.111. The van der Waals surface area contributed by atoms with E-state index in [-0.39, 0.29) is 15.7 Å². The van der Waals surface area contributed by atoms with Crippen molar-refractivity contribution < 1.29 is 19.1 Å².